The summed E-state index contributed by atoms with van der Waals surface area (Å²) >= 11 is 0. The molecule has 0 radical (unpaired) electrons. The standard InChI is InChI=1S/C17H12N2O3/c1-18-13(10-6-3-2-4-7-10)12-15(20)11-8-5-9-19-14(11)17(22)16(12)21/h2-9,20H,1H3. The number of aliphatic hydroxyl groups is 1. The third-order valence-corrected chi connectivity index (χ3v) is 3.46. The molecule has 3 rings (SSSR count). The first-order valence-corrected chi connectivity index (χ1v) is 6.65. The van der Waals surface area contributed by atoms with Crippen LogP contribution in [0.5, 0.6) is 0 Å². The second-order valence-electron chi connectivity index (χ2n) is 4.72. The molecule has 5 heteroatoms. The van der Waals surface area contributed by atoms with E-state index in [1.165, 1.54) is 13.2 Å². The summed E-state index contributed by atoms with van der Waals surface area (Å²) in [6, 6.07) is 12.1. The molecule has 1 aromatic carbocycles. The Kier molecular flexibility index (Phi) is 3.39. The van der Waals surface area contributed by atoms with E-state index in [2.05, 4.69) is 9.98 Å². The van der Waals surface area contributed by atoms with Crippen LogP contribution in [0.25, 0.3) is 5.76 Å². The molecular formula is C17H12N2O3. The summed E-state index contributed by atoms with van der Waals surface area (Å²) < 4.78 is 0. The quantitative estimate of drug-likeness (QED) is 0.680. The van der Waals surface area contributed by atoms with Crippen LogP contribution in [-0.2, 0) is 4.79 Å². The van der Waals surface area contributed by atoms with Gasteiger partial charge in [0.25, 0.3) is 5.78 Å². The molecule has 0 unspecified atom stereocenters. The predicted molar refractivity (Wildman–Crippen MR) is 82.0 cm³/mol. The van der Waals surface area contributed by atoms with Crippen LogP contribution in [0, 0.1) is 0 Å². The number of hydrogen-bond donors (Lipinski definition) is 1. The molecule has 0 fully saturated rings. The first-order chi connectivity index (χ1) is 10.6. The first-order valence-electron chi connectivity index (χ1n) is 6.65. The van der Waals surface area contributed by atoms with E-state index in [-0.39, 0.29) is 28.3 Å². The summed E-state index contributed by atoms with van der Waals surface area (Å²) in [5.41, 5.74) is 1.07. The number of Topliss-reactive ketones (excluding diaryl/α,β-unsaturated/α-hetero) is 2. The van der Waals surface area contributed by atoms with Crippen molar-refractivity contribution in [3.8, 4) is 0 Å². The van der Waals surface area contributed by atoms with Gasteiger partial charge in [-0.3, -0.25) is 19.6 Å². The Hall–Kier alpha value is -3.08. The fourth-order valence-corrected chi connectivity index (χ4v) is 2.44. The zero-order valence-corrected chi connectivity index (χ0v) is 11.8. The summed E-state index contributed by atoms with van der Waals surface area (Å²) in [7, 11) is 1.51. The van der Waals surface area contributed by atoms with Gasteiger partial charge in [0.1, 0.15) is 11.5 Å². The highest BCUT2D eigenvalue weighted by Crippen LogP contribution is 2.28. The summed E-state index contributed by atoms with van der Waals surface area (Å²) in [5.74, 6) is -1.80. The van der Waals surface area contributed by atoms with Crippen molar-refractivity contribution < 1.29 is 14.7 Å². The molecule has 1 N–H and O–H groups in total. The second-order valence-corrected chi connectivity index (χ2v) is 4.72. The highest BCUT2D eigenvalue weighted by atomic mass is 16.3. The smallest absolute Gasteiger partial charge is 0.252 e. The first kappa shape index (κ1) is 13.9. The number of fused-ring (bicyclic) bond motifs is 1. The number of ketones is 2. The van der Waals surface area contributed by atoms with Crippen LogP contribution in [-0.4, -0.2) is 34.4 Å². The lowest BCUT2D eigenvalue weighted by atomic mass is 9.87. The van der Waals surface area contributed by atoms with E-state index in [0.717, 1.165) is 0 Å². The lowest BCUT2D eigenvalue weighted by molar-refractivity contribution is -0.111. The van der Waals surface area contributed by atoms with Gasteiger partial charge in [0.2, 0.25) is 5.78 Å². The number of aliphatic imine (C=N–C) groups is 1. The van der Waals surface area contributed by atoms with Crippen molar-refractivity contribution in [2.75, 3.05) is 7.05 Å². The lowest BCUT2D eigenvalue weighted by Crippen LogP contribution is -2.29. The van der Waals surface area contributed by atoms with Crippen LogP contribution in [0.3, 0.4) is 0 Å². The molecule has 1 aliphatic carbocycles. The van der Waals surface area contributed by atoms with Crippen molar-refractivity contribution in [3.63, 3.8) is 0 Å². The van der Waals surface area contributed by atoms with Crippen molar-refractivity contribution in [2.24, 2.45) is 4.99 Å². The third kappa shape index (κ3) is 2.03. The Balaban J connectivity index is 2.25. The van der Waals surface area contributed by atoms with Gasteiger partial charge in [0.05, 0.1) is 11.3 Å². The highest BCUT2D eigenvalue weighted by Gasteiger charge is 2.36. The number of aromatic nitrogens is 1. The van der Waals surface area contributed by atoms with E-state index in [1.807, 2.05) is 6.07 Å². The number of nitrogens with zero attached hydrogens (tertiary/aromatic N) is 2. The Bertz CT molecular complexity index is 836. The van der Waals surface area contributed by atoms with Crippen molar-refractivity contribution in [1.29, 1.82) is 0 Å². The molecule has 108 valence electrons. The minimum Gasteiger partial charge on any atom is -0.506 e. The van der Waals surface area contributed by atoms with Gasteiger partial charge in [-0.15, -0.1) is 0 Å². The maximum atomic E-state index is 12.4. The SMILES string of the molecule is CN=C(C1=C(O)c2cccnc2C(=O)C1=O)c1ccccc1. The van der Waals surface area contributed by atoms with Crippen LogP contribution in [0.4, 0.5) is 0 Å². The molecule has 2 aromatic rings. The minimum absolute atomic E-state index is 0.0303. The number of benzene rings is 1. The summed E-state index contributed by atoms with van der Waals surface area (Å²) in [6.45, 7) is 0. The van der Waals surface area contributed by atoms with Gasteiger partial charge in [-0.05, 0) is 12.1 Å². The molecule has 22 heavy (non-hydrogen) atoms. The van der Waals surface area contributed by atoms with Crippen molar-refractivity contribution in [3.05, 3.63) is 71.1 Å². The number of aliphatic hydroxyl groups excluding tert-OH is 1. The second kappa shape index (κ2) is 5.37. The summed E-state index contributed by atoms with van der Waals surface area (Å²) in [5, 5.41) is 10.5. The van der Waals surface area contributed by atoms with Crippen LogP contribution in [0.2, 0.25) is 0 Å². The molecule has 1 heterocycles. The molecular weight excluding hydrogens is 280 g/mol. The zero-order chi connectivity index (χ0) is 15.7. The Labute approximate surface area is 126 Å². The molecule has 0 bridgehead atoms. The number of carbonyl (C=O) groups is 2. The van der Waals surface area contributed by atoms with Crippen molar-refractivity contribution in [1.82, 2.24) is 4.98 Å². The Morgan fingerprint density at radius 2 is 1.77 bits per heavy atom. The zero-order valence-electron chi connectivity index (χ0n) is 11.8. The van der Waals surface area contributed by atoms with E-state index in [0.29, 0.717) is 5.56 Å². The van der Waals surface area contributed by atoms with E-state index in [1.54, 1.807) is 36.4 Å². The molecule has 0 amide bonds. The van der Waals surface area contributed by atoms with Gasteiger partial charge in [0.15, 0.2) is 0 Å². The predicted octanol–water partition coefficient (Wildman–Crippen LogP) is 2.24. The molecule has 0 saturated heterocycles. The van der Waals surface area contributed by atoms with E-state index in [4.69, 9.17) is 0 Å². The lowest BCUT2D eigenvalue weighted by Gasteiger charge is -2.18. The number of carbonyl (C=O) groups excluding carboxylic acids is 2. The minimum atomic E-state index is -0.798. The number of pyridine rings is 1. The van der Waals surface area contributed by atoms with Gasteiger partial charge in [-0.1, -0.05) is 30.3 Å². The van der Waals surface area contributed by atoms with Gasteiger partial charge in [0, 0.05) is 24.4 Å². The van der Waals surface area contributed by atoms with E-state index in [9.17, 15) is 14.7 Å². The molecule has 0 spiro atoms. The molecule has 1 aliphatic rings. The number of rotatable bonds is 2. The van der Waals surface area contributed by atoms with Crippen LogP contribution < -0.4 is 0 Å². The van der Waals surface area contributed by atoms with Gasteiger partial charge in [-0.2, -0.15) is 0 Å². The van der Waals surface area contributed by atoms with Crippen molar-refractivity contribution >= 4 is 23.0 Å². The topological polar surface area (TPSA) is 79.6 Å². The summed E-state index contributed by atoms with van der Waals surface area (Å²) in [6.07, 6.45) is 1.41. The molecule has 0 saturated carbocycles. The molecule has 1 aromatic heterocycles. The van der Waals surface area contributed by atoms with Crippen molar-refractivity contribution in [2.45, 2.75) is 0 Å². The molecule has 5 nitrogen and oxygen atoms in total. The summed E-state index contributed by atoms with van der Waals surface area (Å²) in [4.78, 5) is 32.6. The van der Waals surface area contributed by atoms with Crippen LogP contribution >= 0.6 is 0 Å². The average Bonchev–Trinajstić information content (AvgIpc) is 2.57. The Morgan fingerprint density at radius 3 is 2.45 bits per heavy atom. The Morgan fingerprint density at radius 1 is 1.05 bits per heavy atom. The number of allylic oxidation sites excluding steroid dienone is 1. The fourth-order valence-electron chi connectivity index (χ4n) is 2.44. The van der Waals surface area contributed by atoms with E-state index >= 15 is 0 Å². The van der Waals surface area contributed by atoms with Crippen LogP contribution in [0.15, 0.2) is 59.2 Å². The third-order valence-electron chi connectivity index (χ3n) is 3.46. The van der Waals surface area contributed by atoms with E-state index < -0.39 is 11.6 Å². The fraction of sp³-hybridized carbons (Fsp3) is 0.0588. The molecule has 0 atom stereocenters. The van der Waals surface area contributed by atoms with Gasteiger partial charge >= 0.3 is 0 Å². The maximum absolute atomic E-state index is 12.4. The monoisotopic (exact) mass is 292 g/mol. The average molecular weight is 292 g/mol. The largest absolute Gasteiger partial charge is 0.506 e. The normalized spacial score (nSPS) is 15.0. The van der Waals surface area contributed by atoms with Gasteiger partial charge < -0.3 is 5.11 Å². The maximum Gasteiger partial charge on any atom is 0.252 e. The van der Waals surface area contributed by atoms with Crippen LogP contribution in [0.1, 0.15) is 21.6 Å². The molecule has 0 aliphatic heterocycles. The highest BCUT2D eigenvalue weighted by molar-refractivity contribution is 6.58. The van der Waals surface area contributed by atoms with Gasteiger partial charge in [-0.25, -0.2) is 0 Å². The number of hydrogen-bond acceptors (Lipinski definition) is 5.